The molecule has 0 unspecified atom stereocenters. The summed E-state index contributed by atoms with van der Waals surface area (Å²) in [7, 11) is 3.25. The number of hydrogen-bond acceptors (Lipinski definition) is 10. The van der Waals surface area contributed by atoms with Gasteiger partial charge in [-0.1, -0.05) is 30.3 Å². The summed E-state index contributed by atoms with van der Waals surface area (Å²) in [6.45, 7) is 2.16. The predicted molar refractivity (Wildman–Crippen MR) is 205 cm³/mol. The highest BCUT2D eigenvalue weighted by Gasteiger charge is 2.24. The molecule has 238 valence electrons. The monoisotopic (exact) mass is 710 g/mol. The van der Waals surface area contributed by atoms with E-state index in [0.717, 1.165) is 64.9 Å². The minimum absolute atomic E-state index is 0.544. The van der Waals surface area contributed by atoms with E-state index in [-0.39, 0.29) is 0 Å². The number of aryl methyl sites for hydroxylation is 1. The van der Waals surface area contributed by atoms with Gasteiger partial charge in [-0.25, -0.2) is 9.97 Å². The number of methoxy groups -OCH3 is 2. The molecule has 0 saturated carbocycles. The summed E-state index contributed by atoms with van der Waals surface area (Å²) >= 11 is 6.52. The number of fused-ring (bicyclic) bond motifs is 1. The number of ether oxygens (including phenoxy) is 2. The van der Waals surface area contributed by atoms with E-state index < -0.39 is 0 Å². The Hall–Kier alpha value is -5.36. The van der Waals surface area contributed by atoms with Crippen molar-refractivity contribution < 1.29 is 9.47 Å². The molecule has 0 radical (unpaired) electrons. The second kappa shape index (κ2) is 14.0. The minimum atomic E-state index is 0.544. The molecule has 0 spiro atoms. The molecule has 10 heteroatoms. The molecule has 49 heavy (non-hydrogen) atoms. The van der Waals surface area contributed by atoms with E-state index in [0.29, 0.717) is 11.1 Å². The van der Waals surface area contributed by atoms with Crippen molar-refractivity contribution in [3.8, 4) is 55.9 Å². The zero-order valence-corrected chi connectivity index (χ0v) is 29.8. The van der Waals surface area contributed by atoms with Gasteiger partial charge in [-0.05, 0) is 89.9 Å². The number of benzene rings is 3. The Balaban J connectivity index is 1.26. The van der Waals surface area contributed by atoms with Crippen LogP contribution in [0.4, 0.5) is 0 Å². The molecular formula is C39H26N4O2S4. The number of thiazole rings is 2. The molecule has 0 N–H and O–H groups in total. The molecule has 3 aromatic carbocycles. The van der Waals surface area contributed by atoms with E-state index >= 15 is 0 Å². The molecule has 0 amide bonds. The first kappa shape index (κ1) is 32.2. The van der Waals surface area contributed by atoms with Gasteiger partial charge in [-0.15, -0.1) is 45.3 Å². The summed E-state index contributed by atoms with van der Waals surface area (Å²) in [5, 5.41) is 26.7. The van der Waals surface area contributed by atoms with Crippen LogP contribution < -0.4 is 9.47 Å². The highest BCUT2D eigenvalue weighted by molar-refractivity contribution is 7.41. The van der Waals surface area contributed by atoms with Gasteiger partial charge in [-0.2, -0.15) is 10.5 Å². The summed E-state index contributed by atoms with van der Waals surface area (Å²) in [5.41, 5.74) is 7.96. The molecule has 0 atom stereocenters. The first-order valence-electron chi connectivity index (χ1n) is 15.0. The van der Waals surface area contributed by atoms with Crippen LogP contribution in [0.3, 0.4) is 0 Å². The topological polar surface area (TPSA) is 91.8 Å². The average Bonchev–Trinajstić information content (AvgIpc) is 3.95. The van der Waals surface area contributed by atoms with Gasteiger partial charge in [0.25, 0.3) is 0 Å². The van der Waals surface area contributed by atoms with Gasteiger partial charge in [0.2, 0.25) is 0 Å². The molecule has 0 aliphatic carbocycles. The lowest BCUT2D eigenvalue weighted by molar-refractivity contribution is 0.414. The highest BCUT2D eigenvalue weighted by Crippen LogP contribution is 2.52. The van der Waals surface area contributed by atoms with Crippen molar-refractivity contribution in [2.75, 3.05) is 14.2 Å². The van der Waals surface area contributed by atoms with E-state index in [1.807, 2.05) is 66.7 Å². The molecule has 7 rings (SSSR count). The fraction of sp³-hybridized carbons (Fsp3) is 0.0769. The Bertz CT molecular complexity index is 2430. The van der Waals surface area contributed by atoms with Gasteiger partial charge >= 0.3 is 0 Å². The Labute approximate surface area is 299 Å². The van der Waals surface area contributed by atoms with Crippen molar-refractivity contribution in [1.29, 1.82) is 10.5 Å². The number of allylic oxidation sites excluding steroid dienone is 2. The van der Waals surface area contributed by atoms with Crippen LogP contribution in [0, 0.1) is 29.6 Å². The zero-order valence-electron chi connectivity index (χ0n) is 26.6. The van der Waals surface area contributed by atoms with Crippen LogP contribution in [-0.4, -0.2) is 24.2 Å². The van der Waals surface area contributed by atoms with Crippen molar-refractivity contribution in [3.05, 3.63) is 116 Å². The van der Waals surface area contributed by atoms with Crippen molar-refractivity contribution in [3.63, 3.8) is 0 Å². The Kier molecular flexibility index (Phi) is 9.21. The maximum atomic E-state index is 9.93. The van der Waals surface area contributed by atoms with E-state index in [4.69, 9.17) is 19.4 Å². The van der Waals surface area contributed by atoms with Crippen LogP contribution >= 0.6 is 45.3 Å². The smallest absolute Gasteiger partial charge is 0.118 e. The Morgan fingerprint density at radius 2 is 1.16 bits per heavy atom. The normalized spacial score (nSPS) is 11.8. The number of thiophene rings is 2. The van der Waals surface area contributed by atoms with Gasteiger partial charge in [0.05, 0.1) is 62.7 Å². The largest absolute Gasteiger partial charge is 0.497 e. The SMILES string of the molecule is COc1ccc(/C(C#N)=C/c2nc(-c3sc4sc(-c5csc(/C=C(/C#N)c6ccc(OC)cc6)n5)c(-c5ccccc5)c4c3C)cs2)cc1. The van der Waals surface area contributed by atoms with Gasteiger partial charge < -0.3 is 9.47 Å². The second-order valence-corrected chi connectivity index (χ2v) is 14.9. The molecule has 4 aromatic heterocycles. The van der Waals surface area contributed by atoms with Crippen LogP contribution in [0.2, 0.25) is 0 Å². The summed E-state index contributed by atoms with van der Waals surface area (Å²) in [5.74, 6) is 1.49. The molecule has 0 saturated heterocycles. The van der Waals surface area contributed by atoms with E-state index in [2.05, 4.69) is 54.1 Å². The zero-order chi connectivity index (χ0) is 33.9. The molecule has 4 heterocycles. The lowest BCUT2D eigenvalue weighted by atomic mass is 10.00. The van der Waals surface area contributed by atoms with Gasteiger partial charge in [-0.3, -0.25) is 0 Å². The van der Waals surface area contributed by atoms with Crippen LogP contribution in [0.5, 0.6) is 11.5 Å². The van der Waals surface area contributed by atoms with Crippen LogP contribution in [-0.2, 0) is 0 Å². The van der Waals surface area contributed by atoms with Crippen molar-refractivity contribution >= 4 is 78.0 Å². The van der Waals surface area contributed by atoms with Crippen LogP contribution in [0.25, 0.3) is 65.0 Å². The number of nitrogens with zero attached hydrogens (tertiary/aromatic N) is 4. The first-order chi connectivity index (χ1) is 24.0. The fourth-order valence-electron chi connectivity index (χ4n) is 5.48. The van der Waals surface area contributed by atoms with Crippen LogP contribution in [0.1, 0.15) is 26.7 Å². The van der Waals surface area contributed by atoms with Crippen molar-refractivity contribution in [2.45, 2.75) is 6.92 Å². The predicted octanol–water partition coefficient (Wildman–Crippen LogP) is 11.3. The van der Waals surface area contributed by atoms with Crippen molar-refractivity contribution in [1.82, 2.24) is 9.97 Å². The molecular weight excluding hydrogens is 685 g/mol. The number of hydrogen-bond donors (Lipinski definition) is 0. The molecule has 0 bridgehead atoms. The molecule has 7 aromatic rings. The maximum absolute atomic E-state index is 9.93. The number of nitriles is 2. The lowest BCUT2D eigenvalue weighted by Gasteiger charge is -2.05. The summed E-state index contributed by atoms with van der Waals surface area (Å²) in [6, 6.07) is 30.0. The molecule has 6 nitrogen and oxygen atoms in total. The first-order valence-corrected chi connectivity index (χ1v) is 18.4. The Morgan fingerprint density at radius 1 is 0.673 bits per heavy atom. The summed E-state index contributed by atoms with van der Waals surface area (Å²) < 4.78 is 11.7. The second-order valence-electron chi connectivity index (χ2n) is 10.8. The third-order valence-electron chi connectivity index (χ3n) is 7.94. The third-order valence-corrected chi connectivity index (χ3v) is 12.1. The highest BCUT2D eigenvalue weighted by atomic mass is 32.2. The van der Waals surface area contributed by atoms with Gasteiger partial charge in [0.15, 0.2) is 0 Å². The number of aromatic nitrogens is 2. The third kappa shape index (κ3) is 6.43. The maximum Gasteiger partial charge on any atom is 0.118 e. The van der Waals surface area contributed by atoms with E-state index in [1.54, 1.807) is 36.9 Å². The fourth-order valence-corrected chi connectivity index (χ4v) is 9.85. The van der Waals surface area contributed by atoms with Gasteiger partial charge in [0, 0.05) is 21.7 Å². The van der Waals surface area contributed by atoms with Crippen molar-refractivity contribution in [2.24, 2.45) is 0 Å². The minimum Gasteiger partial charge on any atom is -0.497 e. The summed E-state index contributed by atoms with van der Waals surface area (Å²) in [4.78, 5) is 12.2. The molecule has 0 fully saturated rings. The molecule has 0 aliphatic heterocycles. The van der Waals surface area contributed by atoms with E-state index in [9.17, 15) is 10.5 Å². The number of rotatable bonds is 9. The summed E-state index contributed by atoms with van der Waals surface area (Å²) in [6.07, 6.45) is 3.69. The average molecular weight is 711 g/mol. The lowest BCUT2D eigenvalue weighted by Crippen LogP contribution is -1.86. The molecule has 0 aliphatic rings. The van der Waals surface area contributed by atoms with Crippen LogP contribution in [0.15, 0.2) is 89.6 Å². The Morgan fingerprint density at radius 3 is 1.65 bits per heavy atom. The van der Waals surface area contributed by atoms with Gasteiger partial charge in [0.1, 0.15) is 21.5 Å². The quantitative estimate of drug-likeness (QED) is 0.138. The standard InChI is InChI=1S/C39H26N4O2S4/c1-23-35-36(26-7-5-4-6-8-26)38(32-22-47-34(43-32)18-28(20-41)25-11-15-30(45-3)16-12-25)49-39(35)48-37(23)31-21-46-33(42-31)17-27(19-40)24-9-13-29(44-2)14-10-24/h4-18,21-22H,1-3H3/b27-17+,28-18-. The van der Waals surface area contributed by atoms with E-state index in [1.165, 1.54) is 37.6 Å².